The third-order valence-electron chi connectivity index (χ3n) is 11.9. The number of rotatable bonds is 9. The highest BCUT2D eigenvalue weighted by molar-refractivity contribution is 7.90. The second-order valence-electron chi connectivity index (χ2n) is 17.5. The molecule has 56 heavy (non-hydrogen) atoms. The number of nitrogens with zero attached hydrogens (tertiary/aromatic N) is 2. The van der Waals surface area contributed by atoms with E-state index >= 15 is 0 Å². The van der Waals surface area contributed by atoms with Gasteiger partial charge in [0.2, 0.25) is 27.7 Å². The van der Waals surface area contributed by atoms with Gasteiger partial charge in [0.05, 0.1) is 31.6 Å². The molecule has 3 heterocycles. The number of nitrogens with one attached hydrogen (secondary N) is 3. The van der Waals surface area contributed by atoms with Crippen LogP contribution >= 0.6 is 0 Å². The first kappa shape index (κ1) is 41.6. The Morgan fingerprint density at radius 3 is 2.50 bits per heavy atom. The van der Waals surface area contributed by atoms with E-state index in [-0.39, 0.29) is 43.9 Å². The van der Waals surface area contributed by atoms with E-state index in [1.807, 2.05) is 45.9 Å². The van der Waals surface area contributed by atoms with Gasteiger partial charge in [-0.15, -0.1) is 0 Å². The van der Waals surface area contributed by atoms with E-state index in [2.05, 4.69) is 15.4 Å². The number of hydrogen-bond donors (Lipinski definition) is 3. The summed E-state index contributed by atoms with van der Waals surface area (Å²) in [6.07, 6.45) is 5.71. The zero-order valence-corrected chi connectivity index (χ0v) is 34.0. The number of cyclic esters (lactones) is 1. The Labute approximate surface area is 330 Å². The minimum Gasteiger partial charge on any atom is -0.493 e. The summed E-state index contributed by atoms with van der Waals surface area (Å²) in [5, 5.41) is 5.24. The van der Waals surface area contributed by atoms with E-state index in [9.17, 15) is 32.4 Å². The maximum Gasteiger partial charge on any atom is 0.410 e. The van der Waals surface area contributed by atoms with Gasteiger partial charge in [0, 0.05) is 36.9 Å². The van der Waals surface area contributed by atoms with Crippen molar-refractivity contribution >= 4 is 39.9 Å². The van der Waals surface area contributed by atoms with Gasteiger partial charge < -0.3 is 29.7 Å². The molecular weight excluding hydrogens is 743 g/mol. The molecule has 1 spiro atoms. The predicted molar refractivity (Wildman–Crippen MR) is 206 cm³/mol. The average molecular weight is 802 g/mol. The van der Waals surface area contributed by atoms with E-state index in [1.54, 1.807) is 4.90 Å². The Balaban J connectivity index is 1.17. The fourth-order valence-electron chi connectivity index (χ4n) is 7.86. The third-order valence-corrected chi connectivity index (χ3v) is 13.8. The highest BCUT2D eigenvalue weighted by Crippen LogP contribution is 2.50. The molecule has 4 bridgehead atoms. The molecule has 5 aliphatic rings. The second-order valence-corrected chi connectivity index (χ2v) is 19.5. The fourth-order valence-corrected chi connectivity index (χ4v) is 9.21. The third kappa shape index (κ3) is 10.5. The quantitative estimate of drug-likeness (QED) is 0.321. The molecule has 0 radical (unpaired) electrons. The van der Waals surface area contributed by atoms with Crippen LogP contribution in [-0.4, -0.2) is 97.9 Å². The van der Waals surface area contributed by atoms with Crippen molar-refractivity contribution in [1.29, 1.82) is 0 Å². The summed E-state index contributed by atoms with van der Waals surface area (Å²) in [6.45, 7) is 8.99. The molecule has 1 unspecified atom stereocenters. The zero-order valence-electron chi connectivity index (χ0n) is 33.2. The van der Waals surface area contributed by atoms with Gasteiger partial charge in [-0.05, 0) is 67.9 Å². The highest BCUT2D eigenvalue weighted by atomic mass is 32.2. The minimum absolute atomic E-state index is 0.0173. The maximum atomic E-state index is 14.5. The van der Waals surface area contributed by atoms with Crippen molar-refractivity contribution in [3.05, 3.63) is 29.3 Å². The van der Waals surface area contributed by atoms with Crippen molar-refractivity contribution in [2.24, 2.45) is 16.7 Å². The van der Waals surface area contributed by atoms with Crippen LogP contribution in [0.4, 0.5) is 9.59 Å². The first-order valence-electron chi connectivity index (χ1n) is 20.3. The predicted octanol–water partition coefficient (Wildman–Crippen LogP) is 4.51. The van der Waals surface area contributed by atoms with Crippen LogP contribution in [0, 0.1) is 16.7 Å². The first-order valence-corrected chi connectivity index (χ1v) is 21.9. The van der Waals surface area contributed by atoms with Crippen molar-refractivity contribution in [2.45, 2.75) is 141 Å². The van der Waals surface area contributed by atoms with Crippen molar-refractivity contribution in [1.82, 2.24) is 25.2 Å². The number of fused-ring (bicyclic) bond motifs is 3. The summed E-state index contributed by atoms with van der Waals surface area (Å²) < 4.78 is 44.5. The van der Waals surface area contributed by atoms with Crippen LogP contribution in [0.15, 0.2) is 18.2 Å². The molecule has 16 heteroatoms. The van der Waals surface area contributed by atoms with Crippen molar-refractivity contribution in [3.63, 3.8) is 0 Å². The average Bonchev–Trinajstić information content (AvgIpc) is 4.06. The molecule has 3 aliphatic heterocycles. The van der Waals surface area contributed by atoms with E-state index in [0.717, 1.165) is 55.4 Å². The second kappa shape index (κ2) is 17.2. The van der Waals surface area contributed by atoms with E-state index in [0.29, 0.717) is 45.4 Å². The first-order chi connectivity index (χ1) is 26.6. The van der Waals surface area contributed by atoms with Crippen molar-refractivity contribution in [2.75, 3.05) is 26.3 Å². The molecule has 1 aromatic carbocycles. The molecule has 4 atom stereocenters. The Hall–Kier alpha value is -4.08. The molecule has 310 valence electrons. The number of amides is 5. The van der Waals surface area contributed by atoms with Gasteiger partial charge in [-0.3, -0.25) is 24.0 Å². The summed E-state index contributed by atoms with van der Waals surface area (Å²) in [5.74, 6) is -0.921. The molecule has 15 nitrogen and oxygen atoms in total. The molecule has 1 aromatic rings. The van der Waals surface area contributed by atoms with Gasteiger partial charge in [-0.2, -0.15) is 0 Å². The minimum atomic E-state index is -3.65. The van der Waals surface area contributed by atoms with Crippen molar-refractivity contribution in [3.8, 4) is 5.75 Å². The van der Waals surface area contributed by atoms with Crippen LogP contribution in [-0.2, 0) is 47.0 Å². The SMILES string of the molecule is CC[C@@H](CCC(=O)NS(=O)(=O)C1CC1)CNC(=O)C1C[C@@H]2CN1C(=O)[C@H](C(C)(C)C)NC(=O)OCC1(CCCCCOc3cccc4c3CN(C4)C(=O)O2)CC1. The molecule has 6 rings (SSSR count). The smallest absolute Gasteiger partial charge is 0.410 e. The molecule has 5 amide bonds. The van der Waals surface area contributed by atoms with Crippen LogP contribution in [0.3, 0.4) is 0 Å². The van der Waals surface area contributed by atoms with E-state index in [4.69, 9.17) is 14.2 Å². The van der Waals surface area contributed by atoms with E-state index in [1.165, 1.54) is 4.90 Å². The number of alkyl carbamates (subject to hydrolysis) is 1. The molecule has 3 N–H and O–H groups in total. The zero-order chi connectivity index (χ0) is 40.3. The van der Waals surface area contributed by atoms with Gasteiger partial charge in [0.25, 0.3) is 0 Å². The fraction of sp³-hybridized carbons (Fsp3) is 0.725. The van der Waals surface area contributed by atoms with E-state index < -0.39 is 68.8 Å². The van der Waals surface area contributed by atoms with Crippen molar-refractivity contribution < 1.29 is 46.6 Å². The van der Waals surface area contributed by atoms with Crippen LogP contribution in [0.1, 0.15) is 116 Å². The van der Waals surface area contributed by atoms with Crippen LogP contribution in [0.5, 0.6) is 5.75 Å². The molecule has 2 saturated carbocycles. The van der Waals surface area contributed by atoms with Crippen LogP contribution in [0.25, 0.3) is 0 Å². The van der Waals surface area contributed by atoms with Gasteiger partial charge in [-0.25, -0.2) is 18.0 Å². The lowest BCUT2D eigenvalue weighted by atomic mass is 9.85. The summed E-state index contributed by atoms with van der Waals surface area (Å²) in [6, 6.07) is 3.74. The van der Waals surface area contributed by atoms with Gasteiger partial charge in [0.15, 0.2) is 0 Å². The molecule has 3 fully saturated rings. The summed E-state index contributed by atoms with van der Waals surface area (Å²) >= 11 is 0. The normalized spacial score (nSPS) is 25.1. The summed E-state index contributed by atoms with van der Waals surface area (Å²) in [7, 11) is -3.65. The summed E-state index contributed by atoms with van der Waals surface area (Å²) in [5.41, 5.74) is 1.10. The van der Waals surface area contributed by atoms with Crippen LogP contribution in [0.2, 0.25) is 0 Å². The number of benzene rings is 1. The number of carbonyl (C=O) groups is 5. The summed E-state index contributed by atoms with van der Waals surface area (Å²) in [4.78, 5) is 70.7. The van der Waals surface area contributed by atoms with Gasteiger partial charge in [-0.1, -0.05) is 59.1 Å². The van der Waals surface area contributed by atoms with Gasteiger partial charge in [0.1, 0.15) is 23.9 Å². The number of hydrogen-bond acceptors (Lipinski definition) is 10. The Kier molecular flexibility index (Phi) is 12.8. The largest absolute Gasteiger partial charge is 0.493 e. The number of carbonyl (C=O) groups excluding carboxylic acids is 5. The van der Waals surface area contributed by atoms with Crippen LogP contribution < -0.4 is 20.1 Å². The monoisotopic (exact) mass is 801 g/mol. The lowest BCUT2D eigenvalue weighted by molar-refractivity contribution is -0.142. The number of sulfonamides is 1. The molecule has 2 aliphatic carbocycles. The Morgan fingerprint density at radius 1 is 1.04 bits per heavy atom. The standard InChI is InChI=1S/C40H59N5O10S/c1-5-26(12-15-33(46)43-56(51,52)29-13-14-29)21-41-35(47)31-20-28-23-45(31)36(48)34(39(2,3)4)42-37(49)54-25-40(17-18-40)16-7-6-8-19-53-32-11-9-10-27-22-44(24-30(27)32)38(50)55-28/h9-11,26,28-29,31,34H,5-8,12-25H2,1-4H3,(H,41,47)(H,42,49)(H,43,46)/t26-,28+,31?,34+/m0/s1. The topological polar surface area (TPSA) is 190 Å². The van der Waals surface area contributed by atoms with Gasteiger partial charge >= 0.3 is 12.2 Å². The Morgan fingerprint density at radius 2 is 1.80 bits per heavy atom. The molecule has 0 aromatic heterocycles. The molecular formula is C40H59N5O10S. The Bertz CT molecular complexity index is 1760. The maximum absolute atomic E-state index is 14.5. The molecule has 1 saturated heterocycles. The lowest BCUT2D eigenvalue weighted by Gasteiger charge is -2.35. The highest BCUT2D eigenvalue weighted by Gasteiger charge is 2.48. The number of ether oxygens (including phenoxy) is 3. The lowest BCUT2D eigenvalue weighted by Crippen LogP contribution is -2.58.